The first kappa shape index (κ1) is 16.9. The summed E-state index contributed by atoms with van der Waals surface area (Å²) in [6.07, 6.45) is 0.664. The van der Waals surface area contributed by atoms with Crippen LogP contribution in [-0.4, -0.2) is 40.3 Å². The molecular formula is C18H20N4O3. The first-order valence-electron chi connectivity index (χ1n) is 8.21. The Morgan fingerprint density at radius 2 is 1.88 bits per heavy atom. The molecule has 2 aromatic rings. The van der Waals surface area contributed by atoms with Crippen molar-refractivity contribution in [3.05, 3.63) is 48.2 Å². The highest BCUT2D eigenvalue weighted by atomic mass is 16.4. The van der Waals surface area contributed by atoms with Gasteiger partial charge in [0.15, 0.2) is 11.5 Å². The average molecular weight is 340 g/mol. The quantitative estimate of drug-likeness (QED) is 0.886. The van der Waals surface area contributed by atoms with Crippen LogP contribution in [0.2, 0.25) is 0 Å². The van der Waals surface area contributed by atoms with Gasteiger partial charge in [-0.25, -0.2) is 0 Å². The maximum Gasteiger partial charge on any atom is 0.308 e. The van der Waals surface area contributed by atoms with E-state index in [2.05, 4.69) is 15.5 Å². The Hall–Kier alpha value is -2.96. The van der Waals surface area contributed by atoms with Gasteiger partial charge in [0.1, 0.15) is 0 Å². The molecule has 7 nitrogen and oxygen atoms in total. The number of carbonyl (C=O) groups excluding carboxylic acids is 1. The van der Waals surface area contributed by atoms with Crippen molar-refractivity contribution in [2.75, 3.05) is 23.3 Å². The molecule has 25 heavy (non-hydrogen) atoms. The predicted octanol–water partition coefficient (Wildman–Crippen LogP) is 2.28. The van der Waals surface area contributed by atoms with Crippen molar-refractivity contribution in [1.82, 2.24) is 10.2 Å². The molecule has 0 radical (unpaired) electrons. The fourth-order valence-electron chi connectivity index (χ4n) is 3.05. The zero-order valence-corrected chi connectivity index (χ0v) is 13.9. The molecule has 2 atom stereocenters. The van der Waals surface area contributed by atoms with Crippen LogP contribution >= 0.6 is 0 Å². The summed E-state index contributed by atoms with van der Waals surface area (Å²) in [7, 11) is 0. The number of aliphatic carboxylic acids is 1. The van der Waals surface area contributed by atoms with Gasteiger partial charge in [0, 0.05) is 18.8 Å². The molecule has 1 aliphatic heterocycles. The number of hydrogen-bond donors (Lipinski definition) is 2. The first-order valence-corrected chi connectivity index (χ1v) is 8.21. The van der Waals surface area contributed by atoms with E-state index in [-0.39, 0.29) is 17.5 Å². The molecule has 1 aromatic heterocycles. The third kappa shape index (κ3) is 4.12. The van der Waals surface area contributed by atoms with Crippen LogP contribution in [0, 0.1) is 11.8 Å². The van der Waals surface area contributed by atoms with Gasteiger partial charge in [0.2, 0.25) is 0 Å². The third-order valence-electron chi connectivity index (χ3n) is 4.25. The van der Waals surface area contributed by atoms with Crippen LogP contribution in [0.4, 0.5) is 11.5 Å². The van der Waals surface area contributed by atoms with Gasteiger partial charge in [-0.1, -0.05) is 25.1 Å². The molecule has 3 rings (SSSR count). The summed E-state index contributed by atoms with van der Waals surface area (Å²) in [5.74, 6) is -0.678. The SMILES string of the molecule is CC1CC(C(=O)O)CN(c2ccc(C(=O)Nc3ccccc3)nn2)C1. The van der Waals surface area contributed by atoms with Crippen molar-refractivity contribution in [3.8, 4) is 0 Å². The normalized spacial score (nSPS) is 20.1. The second kappa shape index (κ2) is 7.29. The Kier molecular flexibility index (Phi) is 4.92. The Labute approximate surface area is 145 Å². The second-order valence-corrected chi connectivity index (χ2v) is 6.38. The summed E-state index contributed by atoms with van der Waals surface area (Å²) in [6.45, 7) is 3.16. The molecule has 0 bridgehead atoms. The molecule has 1 aliphatic rings. The second-order valence-electron chi connectivity index (χ2n) is 6.38. The molecular weight excluding hydrogens is 320 g/mol. The molecule has 1 amide bonds. The van der Waals surface area contributed by atoms with Crippen molar-refractivity contribution in [1.29, 1.82) is 0 Å². The fourth-order valence-corrected chi connectivity index (χ4v) is 3.05. The average Bonchev–Trinajstić information content (AvgIpc) is 2.62. The number of benzene rings is 1. The summed E-state index contributed by atoms with van der Waals surface area (Å²) in [5.41, 5.74) is 0.903. The van der Waals surface area contributed by atoms with Crippen LogP contribution in [0.1, 0.15) is 23.8 Å². The number of carboxylic acid groups (broad SMARTS) is 1. The summed E-state index contributed by atoms with van der Waals surface area (Å²) in [5, 5.41) is 20.1. The van der Waals surface area contributed by atoms with Crippen LogP contribution in [-0.2, 0) is 4.79 Å². The smallest absolute Gasteiger partial charge is 0.308 e. The number of aromatic nitrogens is 2. The van der Waals surface area contributed by atoms with Gasteiger partial charge < -0.3 is 15.3 Å². The Balaban J connectivity index is 1.69. The van der Waals surface area contributed by atoms with E-state index >= 15 is 0 Å². The molecule has 2 N–H and O–H groups in total. The third-order valence-corrected chi connectivity index (χ3v) is 4.25. The van der Waals surface area contributed by atoms with Gasteiger partial charge in [-0.2, -0.15) is 0 Å². The van der Waals surface area contributed by atoms with E-state index in [0.717, 1.165) is 6.54 Å². The molecule has 2 unspecified atom stereocenters. The van der Waals surface area contributed by atoms with Crippen molar-refractivity contribution < 1.29 is 14.7 Å². The maximum atomic E-state index is 12.2. The lowest BCUT2D eigenvalue weighted by atomic mass is 9.90. The fraction of sp³-hybridized carbons (Fsp3) is 0.333. The highest BCUT2D eigenvalue weighted by Gasteiger charge is 2.30. The van der Waals surface area contributed by atoms with Crippen LogP contribution in [0.3, 0.4) is 0 Å². The summed E-state index contributed by atoms with van der Waals surface area (Å²) >= 11 is 0. The molecule has 0 aliphatic carbocycles. The lowest BCUT2D eigenvalue weighted by Crippen LogP contribution is -2.43. The van der Waals surface area contributed by atoms with E-state index in [0.29, 0.717) is 24.5 Å². The Bertz CT molecular complexity index is 749. The number of hydrogen-bond acceptors (Lipinski definition) is 5. The number of carboxylic acids is 1. The minimum absolute atomic E-state index is 0.215. The van der Waals surface area contributed by atoms with E-state index < -0.39 is 11.9 Å². The monoisotopic (exact) mass is 340 g/mol. The number of carbonyl (C=O) groups is 2. The highest BCUT2D eigenvalue weighted by Crippen LogP contribution is 2.25. The van der Waals surface area contributed by atoms with Crippen molar-refractivity contribution in [2.45, 2.75) is 13.3 Å². The number of nitrogens with zero attached hydrogens (tertiary/aromatic N) is 3. The van der Waals surface area contributed by atoms with Gasteiger partial charge in [0.25, 0.3) is 5.91 Å². The summed E-state index contributed by atoms with van der Waals surface area (Å²) < 4.78 is 0. The molecule has 1 fully saturated rings. The number of amides is 1. The van der Waals surface area contributed by atoms with E-state index in [9.17, 15) is 14.7 Å². The number of para-hydroxylation sites is 1. The summed E-state index contributed by atoms with van der Waals surface area (Å²) in [6, 6.07) is 12.4. The van der Waals surface area contributed by atoms with Gasteiger partial charge in [-0.15, -0.1) is 10.2 Å². The largest absolute Gasteiger partial charge is 0.481 e. The number of nitrogens with one attached hydrogen (secondary N) is 1. The van der Waals surface area contributed by atoms with Crippen LogP contribution < -0.4 is 10.2 Å². The molecule has 1 saturated heterocycles. The minimum Gasteiger partial charge on any atom is -0.481 e. The Morgan fingerprint density at radius 3 is 2.52 bits per heavy atom. The molecule has 2 heterocycles. The zero-order chi connectivity index (χ0) is 17.8. The lowest BCUT2D eigenvalue weighted by molar-refractivity contribution is -0.142. The number of rotatable bonds is 4. The van der Waals surface area contributed by atoms with E-state index in [4.69, 9.17) is 0 Å². The van der Waals surface area contributed by atoms with E-state index in [1.807, 2.05) is 30.0 Å². The van der Waals surface area contributed by atoms with Gasteiger partial charge in [-0.3, -0.25) is 9.59 Å². The number of anilines is 2. The minimum atomic E-state index is -0.789. The van der Waals surface area contributed by atoms with Crippen LogP contribution in [0.5, 0.6) is 0 Å². The van der Waals surface area contributed by atoms with Crippen LogP contribution in [0.25, 0.3) is 0 Å². The van der Waals surface area contributed by atoms with Gasteiger partial charge in [-0.05, 0) is 36.6 Å². The standard InChI is InChI=1S/C18H20N4O3/c1-12-9-13(18(24)25)11-22(10-12)16-8-7-15(20-21-16)17(23)19-14-5-3-2-4-6-14/h2-8,12-13H,9-11H2,1H3,(H,19,23)(H,24,25). The lowest BCUT2D eigenvalue weighted by Gasteiger charge is -2.35. The maximum absolute atomic E-state index is 12.2. The first-order chi connectivity index (χ1) is 12.0. The molecule has 1 aromatic carbocycles. The van der Waals surface area contributed by atoms with E-state index in [1.165, 1.54) is 0 Å². The van der Waals surface area contributed by atoms with Crippen LogP contribution in [0.15, 0.2) is 42.5 Å². The van der Waals surface area contributed by atoms with Crippen molar-refractivity contribution in [3.63, 3.8) is 0 Å². The number of piperidine rings is 1. The van der Waals surface area contributed by atoms with Crippen molar-refractivity contribution in [2.24, 2.45) is 11.8 Å². The molecule has 7 heteroatoms. The highest BCUT2D eigenvalue weighted by molar-refractivity contribution is 6.02. The van der Waals surface area contributed by atoms with Gasteiger partial charge in [0.05, 0.1) is 5.92 Å². The topological polar surface area (TPSA) is 95.4 Å². The molecule has 0 saturated carbocycles. The van der Waals surface area contributed by atoms with E-state index in [1.54, 1.807) is 24.3 Å². The van der Waals surface area contributed by atoms with Crippen molar-refractivity contribution >= 4 is 23.4 Å². The zero-order valence-electron chi connectivity index (χ0n) is 13.9. The molecule has 130 valence electrons. The summed E-state index contributed by atoms with van der Waals surface area (Å²) in [4.78, 5) is 25.4. The van der Waals surface area contributed by atoms with Gasteiger partial charge >= 0.3 is 5.97 Å². The Morgan fingerprint density at radius 1 is 1.12 bits per heavy atom. The predicted molar refractivity (Wildman–Crippen MR) is 93.5 cm³/mol. The molecule has 0 spiro atoms.